The summed E-state index contributed by atoms with van der Waals surface area (Å²) in [6.07, 6.45) is 0. The Morgan fingerprint density at radius 2 is 1.87 bits per heavy atom. The number of hydrogen-bond donors (Lipinski definition) is 2. The van der Waals surface area contributed by atoms with E-state index in [1.54, 1.807) is 31.2 Å². The quantitative estimate of drug-likeness (QED) is 0.254. The summed E-state index contributed by atoms with van der Waals surface area (Å²) in [5.74, 6) is 0.361. The van der Waals surface area contributed by atoms with Gasteiger partial charge < -0.3 is 24.8 Å². The number of benzene rings is 2. The lowest BCUT2D eigenvalue weighted by atomic mass is 10.2. The number of guanidine groups is 1. The molecule has 2 N–H and O–H groups in total. The molecule has 0 saturated heterocycles. The van der Waals surface area contributed by atoms with Crippen LogP contribution in [0.1, 0.15) is 25.0 Å². The molecular weight excluding hydrogens is 526 g/mol. The zero-order valence-corrected chi connectivity index (χ0v) is 19.9. The van der Waals surface area contributed by atoms with Crippen molar-refractivity contribution < 1.29 is 27.4 Å². The second-order valence-electron chi connectivity index (χ2n) is 6.07. The van der Waals surface area contributed by atoms with Crippen molar-refractivity contribution in [3.8, 4) is 17.2 Å². The molecule has 2 rings (SSSR count). The molecule has 0 unspecified atom stereocenters. The van der Waals surface area contributed by atoms with Gasteiger partial charge in [0.2, 0.25) is 0 Å². The zero-order chi connectivity index (χ0) is 21.9. The van der Waals surface area contributed by atoms with Crippen molar-refractivity contribution in [2.24, 2.45) is 4.99 Å². The molecule has 0 bridgehead atoms. The van der Waals surface area contributed by atoms with Gasteiger partial charge in [0.15, 0.2) is 29.0 Å². The molecule has 0 radical (unpaired) electrons. The minimum absolute atomic E-state index is 0. The van der Waals surface area contributed by atoms with Crippen molar-refractivity contribution in [3.05, 3.63) is 53.3 Å². The number of ether oxygens (including phenoxy) is 3. The summed E-state index contributed by atoms with van der Waals surface area (Å²) in [6, 6.07) is 9.54. The first-order valence-corrected chi connectivity index (χ1v) is 9.52. The minimum atomic E-state index is -2.97. The maximum absolute atomic E-state index is 13.8. The summed E-state index contributed by atoms with van der Waals surface area (Å²) in [6.45, 7) is 1.97. The molecule has 0 saturated carbocycles. The Morgan fingerprint density at radius 3 is 2.48 bits per heavy atom. The van der Waals surface area contributed by atoms with E-state index in [2.05, 4.69) is 20.4 Å². The predicted molar refractivity (Wildman–Crippen MR) is 124 cm³/mol. The molecule has 0 aliphatic rings. The van der Waals surface area contributed by atoms with Gasteiger partial charge in [0, 0.05) is 18.7 Å². The maximum atomic E-state index is 13.8. The highest BCUT2D eigenvalue weighted by atomic mass is 127. The molecular formula is C21H27F3IN3O3. The molecule has 6 nitrogen and oxygen atoms in total. The lowest BCUT2D eigenvalue weighted by molar-refractivity contribution is -0.0520. The van der Waals surface area contributed by atoms with E-state index in [1.165, 1.54) is 19.2 Å². The van der Waals surface area contributed by atoms with E-state index in [-0.39, 0.29) is 54.3 Å². The highest BCUT2D eigenvalue weighted by molar-refractivity contribution is 14.0. The van der Waals surface area contributed by atoms with E-state index in [1.807, 2.05) is 6.92 Å². The van der Waals surface area contributed by atoms with E-state index in [9.17, 15) is 13.2 Å². The van der Waals surface area contributed by atoms with Gasteiger partial charge >= 0.3 is 6.61 Å². The Labute approximate surface area is 197 Å². The Morgan fingerprint density at radius 1 is 1.10 bits per heavy atom. The molecule has 0 spiro atoms. The van der Waals surface area contributed by atoms with E-state index in [0.717, 1.165) is 0 Å². The van der Waals surface area contributed by atoms with Crippen LogP contribution in [0.3, 0.4) is 0 Å². The molecule has 0 heterocycles. The summed E-state index contributed by atoms with van der Waals surface area (Å²) < 4.78 is 54.5. The molecule has 0 aliphatic carbocycles. The number of nitrogens with zero attached hydrogens (tertiary/aromatic N) is 1. The second-order valence-corrected chi connectivity index (χ2v) is 6.07. The number of hydrogen-bond acceptors (Lipinski definition) is 4. The lowest BCUT2D eigenvalue weighted by Gasteiger charge is -2.17. The number of rotatable bonds is 10. The molecule has 0 aromatic heterocycles. The van der Waals surface area contributed by atoms with Gasteiger partial charge in [0.25, 0.3) is 0 Å². The Kier molecular flexibility index (Phi) is 11.9. The van der Waals surface area contributed by atoms with Crippen LogP contribution in [0.5, 0.6) is 17.2 Å². The number of aliphatic imine (C=N–C) groups is 1. The van der Waals surface area contributed by atoms with Gasteiger partial charge in [0.05, 0.1) is 20.3 Å². The zero-order valence-electron chi connectivity index (χ0n) is 17.6. The molecule has 2 aromatic carbocycles. The molecule has 10 heteroatoms. The number of alkyl halides is 2. The molecule has 0 atom stereocenters. The summed E-state index contributed by atoms with van der Waals surface area (Å²) >= 11 is 0. The van der Waals surface area contributed by atoms with E-state index < -0.39 is 12.4 Å². The van der Waals surface area contributed by atoms with Crippen LogP contribution >= 0.6 is 24.0 Å². The Hall–Kier alpha value is -2.37. The standard InChI is InChI=1S/C21H26F3N3O3.HI/c1-4-25-21(26-12-14-9-10-17(28-3)16(22)11-14)27-13-15-7-6-8-18(29-5-2)19(15)30-20(23)24;/h6-11,20H,4-5,12-13H2,1-3H3,(H2,25,26,27);1H. The summed E-state index contributed by atoms with van der Waals surface area (Å²) in [7, 11) is 1.40. The lowest BCUT2D eigenvalue weighted by Crippen LogP contribution is -2.36. The molecule has 0 amide bonds. The average Bonchev–Trinajstić information content (AvgIpc) is 2.72. The van der Waals surface area contributed by atoms with Crippen LogP contribution in [0.25, 0.3) is 0 Å². The van der Waals surface area contributed by atoms with Crippen LogP contribution < -0.4 is 24.8 Å². The topological polar surface area (TPSA) is 64.1 Å². The summed E-state index contributed by atoms with van der Waals surface area (Å²) in [5.41, 5.74) is 1.15. The molecule has 0 aliphatic heterocycles. The fourth-order valence-corrected chi connectivity index (χ4v) is 2.69. The van der Waals surface area contributed by atoms with Crippen LogP contribution in [0.15, 0.2) is 41.4 Å². The van der Waals surface area contributed by atoms with Crippen molar-refractivity contribution in [3.63, 3.8) is 0 Å². The number of halogens is 4. The van der Waals surface area contributed by atoms with Crippen LogP contribution in [0.4, 0.5) is 13.2 Å². The van der Waals surface area contributed by atoms with Crippen LogP contribution in [0, 0.1) is 5.82 Å². The predicted octanol–water partition coefficient (Wildman–Crippen LogP) is 4.71. The third kappa shape index (κ3) is 8.35. The highest BCUT2D eigenvalue weighted by Gasteiger charge is 2.16. The van der Waals surface area contributed by atoms with Gasteiger partial charge in [-0.25, -0.2) is 9.38 Å². The Bertz CT molecular complexity index is 854. The first-order chi connectivity index (χ1) is 14.5. The normalized spacial score (nSPS) is 11.0. The van der Waals surface area contributed by atoms with Crippen LogP contribution in [-0.4, -0.2) is 32.8 Å². The Balaban J connectivity index is 0.00000480. The van der Waals surface area contributed by atoms with E-state index in [0.29, 0.717) is 30.2 Å². The van der Waals surface area contributed by atoms with Gasteiger partial charge in [-0.1, -0.05) is 18.2 Å². The van der Waals surface area contributed by atoms with Gasteiger partial charge in [-0.2, -0.15) is 8.78 Å². The average molecular weight is 553 g/mol. The molecule has 172 valence electrons. The SMILES string of the molecule is CCNC(=NCc1ccc(OC)c(F)c1)NCc1cccc(OCC)c1OC(F)F.I. The first-order valence-electron chi connectivity index (χ1n) is 9.52. The highest BCUT2D eigenvalue weighted by Crippen LogP contribution is 2.32. The van der Waals surface area contributed by atoms with Crippen molar-refractivity contribution >= 4 is 29.9 Å². The largest absolute Gasteiger partial charge is 0.494 e. The fourth-order valence-electron chi connectivity index (χ4n) is 2.69. The van der Waals surface area contributed by atoms with E-state index in [4.69, 9.17) is 9.47 Å². The van der Waals surface area contributed by atoms with Crippen molar-refractivity contribution in [1.29, 1.82) is 0 Å². The smallest absolute Gasteiger partial charge is 0.387 e. The van der Waals surface area contributed by atoms with Gasteiger partial charge in [-0.3, -0.25) is 0 Å². The van der Waals surface area contributed by atoms with Gasteiger partial charge in [0.1, 0.15) is 0 Å². The molecule has 0 fully saturated rings. The third-order valence-electron chi connectivity index (χ3n) is 3.99. The third-order valence-corrected chi connectivity index (χ3v) is 3.99. The van der Waals surface area contributed by atoms with Crippen molar-refractivity contribution in [2.75, 3.05) is 20.3 Å². The van der Waals surface area contributed by atoms with Crippen LogP contribution in [-0.2, 0) is 13.1 Å². The van der Waals surface area contributed by atoms with E-state index >= 15 is 0 Å². The summed E-state index contributed by atoms with van der Waals surface area (Å²) in [5, 5.41) is 6.13. The second kappa shape index (κ2) is 13.8. The van der Waals surface area contributed by atoms with Gasteiger partial charge in [-0.05, 0) is 37.6 Å². The number of methoxy groups -OCH3 is 1. The van der Waals surface area contributed by atoms with Crippen molar-refractivity contribution in [1.82, 2.24) is 10.6 Å². The monoisotopic (exact) mass is 553 g/mol. The first kappa shape index (κ1) is 26.7. The number of nitrogens with one attached hydrogen (secondary N) is 2. The summed E-state index contributed by atoms with van der Waals surface area (Å²) in [4.78, 5) is 4.41. The fraction of sp³-hybridized carbons (Fsp3) is 0.381. The van der Waals surface area contributed by atoms with Crippen molar-refractivity contribution in [2.45, 2.75) is 33.5 Å². The number of para-hydroxylation sites is 1. The minimum Gasteiger partial charge on any atom is -0.494 e. The molecule has 2 aromatic rings. The van der Waals surface area contributed by atoms with Crippen LogP contribution in [0.2, 0.25) is 0 Å². The van der Waals surface area contributed by atoms with Gasteiger partial charge in [-0.15, -0.1) is 24.0 Å². The maximum Gasteiger partial charge on any atom is 0.387 e. The molecule has 31 heavy (non-hydrogen) atoms.